The number of para-hydroxylation sites is 1. The van der Waals surface area contributed by atoms with E-state index in [-0.39, 0.29) is 0 Å². The molecule has 0 aliphatic carbocycles. The molecule has 0 radical (unpaired) electrons. The Labute approximate surface area is 114 Å². The molecule has 0 spiro atoms. The molecular formula is C15H22N2O2. The molecule has 0 saturated carbocycles. The van der Waals surface area contributed by atoms with Gasteiger partial charge in [-0.15, -0.1) is 0 Å². The molecular weight excluding hydrogens is 240 g/mol. The highest BCUT2D eigenvalue weighted by molar-refractivity contribution is 5.49. The van der Waals surface area contributed by atoms with Gasteiger partial charge in [-0.1, -0.05) is 25.5 Å². The Hall–Kier alpha value is -1.26. The van der Waals surface area contributed by atoms with Gasteiger partial charge in [0.2, 0.25) is 6.79 Å². The average Bonchev–Trinajstić information content (AvgIpc) is 2.94. The van der Waals surface area contributed by atoms with Crippen LogP contribution in [0.15, 0.2) is 18.2 Å². The van der Waals surface area contributed by atoms with Crippen molar-refractivity contribution in [3.8, 4) is 11.5 Å². The summed E-state index contributed by atoms with van der Waals surface area (Å²) in [5, 5.41) is 3.42. The van der Waals surface area contributed by atoms with Crippen LogP contribution in [0.4, 0.5) is 0 Å². The number of nitrogens with one attached hydrogen (secondary N) is 1. The van der Waals surface area contributed by atoms with E-state index in [9.17, 15) is 0 Å². The third-order valence-corrected chi connectivity index (χ3v) is 3.94. The van der Waals surface area contributed by atoms with Crippen LogP contribution in [0.5, 0.6) is 11.5 Å². The van der Waals surface area contributed by atoms with Gasteiger partial charge in [-0.05, 0) is 12.5 Å². The number of benzene rings is 1. The Kier molecular flexibility index (Phi) is 3.89. The molecule has 3 rings (SSSR count). The second kappa shape index (κ2) is 5.80. The highest BCUT2D eigenvalue weighted by atomic mass is 16.7. The van der Waals surface area contributed by atoms with Gasteiger partial charge in [0.1, 0.15) is 0 Å². The van der Waals surface area contributed by atoms with E-state index >= 15 is 0 Å². The van der Waals surface area contributed by atoms with Crippen molar-refractivity contribution in [3.63, 3.8) is 0 Å². The fourth-order valence-corrected chi connectivity index (χ4v) is 3.02. The van der Waals surface area contributed by atoms with E-state index in [2.05, 4.69) is 29.3 Å². The lowest BCUT2D eigenvalue weighted by atomic mass is 9.98. The Morgan fingerprint density at radius 1 is 1.26 bits per heavy atom. The standard InChI is InChI=1S/C15H22N2O2/c1-2-4-13(17-9-7-16-8-10-17)12-5-3-6-14-15(12)19-11-18-14/h3,5-6,13,16H,2,4,7-11H2,1H3/t13-/m1/s1. The van der Waals surface area contributed by atoms with Crippen LogP contribution in [0.2, 0.25) is 0 Å². The molecule has 0 amide bonds. The topological polar surface area (TPSA) is 33.7 Å². The third-order valence-electron chi connectivity index (χ3n) is 3.94. The minimum atomic E-state index is 0.354. The van der Waals surface area contributed by atoms with Gasteiger partial charge >= 0.3 is 0 Å². The van der Waals surface area contributed by atoms with Gasteiger partial charge in [0, 0.05) is 37.8 Å². The second-order valence-corrected chi connectivity index (χ2v) is 5.17. The molecule has 4 heteroatoms. The maximum atomic E-state index is 5.68. The lowest BCUT2D eigenvalue weighted by Gasteiger charge is -2.35. The second-order valence-electron chi connectivity index (χ2n) is 5.17. The number of fused-ring (bicyclic) bond motifs is 1. The number of nitrogens with zero attached hydrogens (tertiary/aromatic N) is 1. The third kappa shape index (κ3) is 2.55. The Morgan fingerprint density at radius 3 is 2.89 bits per heavy atom. The SMILES string of the molecule is CCC[C@H](c1cccc2c1OCO2)N1CCNCC1. The summed E-state index contributed by atoms with van der Waals surface area (Å²) in [4.78, 5) is 2.57. The number of hydrogen-bond acceptors (Lipinski definition) is 4. The largest absolute Gasteiger partial charge is 0.454 e. The lowest BCUT2D eigenvalue weighted by molar-refractivity contribution is 0.153. The van der Waals surface area contributed by atoms with Gasteiger partial charge in [0.15, 0.2) is 11.5 Å². The van der Waals surface area contributed by atoms with Crippen molar-refractivity contribution in [2.45, 2.75) is 25.8 Å². The van der Waals surface area contributed by atoms with Crippen molar-refractivity contribution in [1.82, 2.24) is 10.2 Å². The average molecular weight is 262 g/mol. The van der Waals surface area contributed by atoms with Gasteiger partial charge in [-0.3, -0.25) is 4.90 Å². The molecule has 1 fully saturated rings. The predicted octanol–water partition coefficient (Wildman–Crippen LogP) is 2.16. The first kappa shape index (κ1) is 12.8. The molecule has 1 saturated heterocycles. The van der Waals surface area contributed by atoms with Gasteiger partial charge in [-0.2, -0.15) is 0 Å². The molecule has 2 aliphatic heterocycles. The summed E-state index contributed by atoms with van der Waals surface area (Å²) in [5.74, 6) is 1.85. The minimum absolute atomic E-state index is 0.354. The summed E-state index contributed by atoms with van der Waals surface area (Å²) < 4.78 is 11.2. The first-order chi connectivity index (χ1) is 9.40. The quantitative estimate of drug-likeness (QED) is 0.901. The van der Waals surface area contributed by atoms with Crippen molar-refractivity contribution in [3.05, 3.63) is 23.8 Å². The molecule has 2 heterocycles. The summed E-state index contributed by atoms with van der Waals surface area (Å²) in [5.41, 5.74) is 1.29. The van der Waals surface area contributed by atoms with Crippen LogP contribution in [0.1, 0.15) is 31.4 Å². The van der Waals surface area contributed by atoms with Gasteiger partial charge in [0.05, 0.1) is 0 Å². The zero-order valence-electron chi connectivity index (χ0n) is 11.5. The summed E-state index contributed by atoms with van der Waals surface area (Å²) >= 11 is 0. The van der Waals surface area contributed by atoms with Crippen molar-refractivity contribution >= 4 is 0 Å². The fourth-order valence-electron chi connectivity index (χ4n) is 3.02. The molecule has 4 nitrogen and oxygen atoms in total. The summed E-state index contributed by atoms with van der Waals surface area (Å²) in [6, 6.07) is 6.71. The Balaban J connectivity index is 1.89. The lowest BCUT2D eigenvalue weighted by Crippen LogP contribution is -2.45. The number of rotatable bonds is 4. The molecule has 0 aromatic heterocycles. The number of hydrogen-bond donors (Lipinski definition) is 1. The molecule has 0 unspecified atom stereocenters. The Bertz CT molecular complexity index is 430. The van der Waals surface area contributed by atoms with Crippen molar-refractivity contribution in [2.75, 3.05) is 33.0 Å². The molecule has 0 bridgehead atoms. The van der Waals surface area contributed by atoms with E-state index in [4.69, 9.17) is 9.47 Å². The predicted molar refractivity (Wildman–Crippen MR) is 74.7 cm³/mol. The summed E-state index contributed by atoms with van der Waals surface area (Å²) in [7, 11) is 0. The molecule has 1 atom stereocenters. The van der Waals surface area contributed by atoms with Gasteiger partial charge in [0.25, 0.3) is 0 Å². The van der Waals surface area contributed by atoms with Crippen molar-refractivity contribution in [2.24, 2.45) is 0 Å². The number of piperazine rings is 1. The van der Waals surface area contributed by atoms with Crippen LogP contribution < -0.4 is 14.8 Å². The molecule has 104 valence electrons. The summed E-state index contributed by atoms with van der Waals surface area (Å²) in [6.45, 7) is 6.96. The van der Waals surface area contributed by atoms with Crippen LogP contribution in [-0.2, 0) is 0 Å². The monoisotopic (exact) mass is 262 g/mol. The fraction of sp³-hybridized carbons (Fsp3) is 0.600. The van der Waals surface area contributed by atoms with Crippen LogP contribution in [0.3, 0.4) is 0 Å². The van der Waals surface area contributed by atoms with Crippen LogP contribution in [-0.4, -0.2) is 37.9 Å². The minimum Gasteiger partial charge on any atom is -0.454 e. The van der Waals surface area contributed by atoms with Crippen LogP contribution in [0, 0.1) is 0 Å². The van der Waals surface area contributed by atoms with E-state index in [1.807, 2.05) is 6.07 Å². The van der Waals surface area contributed by atoms with E-state index in [0.29, 0.717) is 12.8 Å². The molecule has 19 heavy (non-hydrogen) atoms. The highest BCUT2D eigenvalue weighted by Crippen LogP contribution is 2.41. The smallest absolute Gasteiger partial charge is 0.231 e. The van der Waals surface area contributed by atoms with Crippen molar-refractivity contribution < 1.29 is 9.47 Å². The maximum absolute atomic E-state index is 5.68. The molecule has 1 aromatic carbocycles. The Morgan fingerprint density at radius 2 is 2.11 bits per heavy atom. The zero-order valence-corrected chi connectivity index (χ0v) is 11.5. The first-order valence-electron chi connectivity index (χ1n) is 7.23. The zero-order chi connectivity index (χ0) is 13.1. The van der Waals surface area contributed by atoms with E-state index in [1.165, 1.54) is 18.4 Å². The van der Waals surface area contributed by atoms with Gasteiger partial charge < -0.3 is 14.8 Å². The molecule has 1 N–H and O–H groups in total. The van der Waals surface area contributed by atoms with E-state index in [1.54, 1.807) is 0 Å². The van der Waals surface area contributed by atoms with Gasteiger partial charge in [-0.25, -0.2) is 0 Å². The highest BCUT2D eigenvalue weighted by Gasteiger charge is 2.27. The normalized spacial score (nSPS) is 20.5. The van der Waals surface area contributed by atoms with Crippen molar-refractivity contribution in [1.29, 1.82) is 0 Å². The maximum Gasteiger partial charge on any atom is 0.231 e. The number of ether oxygens (including phenoxy) is 2. The summed E-state index contributed by atoms with van der Waals surface area (Å²) in [6.07, 6.45) is 2.35. The van der Waals surface area contributed by atoms with Crippen LogP contribution >= 0.6 is 0 Å². The molecule has 2 aliphatic rings. The van der Waals surface area contributed by atoms with Crippen LogP contribution in [0.25, 0.3) is 0 Å². The van der Waals surface area contributed by atoms with E-state index < -0.39 is 0 Å². The molecule has 1 aromatic rings. The first-order valence-corrected chi connectivity index (χ1v) is 7.23. The van der Waals surface area contributed by atoms with E-state index in [0.717, 1.165) is 37.7 Å².